The van der Waals surface area contributed by atoms with Gasteiger partial charge in [0.2, 0.25) is 0 Å². The Morgan fingerprint density at radius 3 is 1.55 bits per heavy atom. The van der Waals surface area contributed by atoms with E-state index >= 15 is 0 Å². The first kappa shape index (κ1) is 33.8. The second-order valence-corrected chi connectivity index (χ2v) is 4.17. The molecule has 0 heterocycles. The third-order valence-electron chi connectivity index (χ3n) is 3.01. The summed E-state index contributed by atoms with van der Waals surface area (Å²) in [6.45, 7) is 8.67. The van der Waals surface area contributed by atoms with Crippen molar-refractivity contribution in [3.05, 3.63) is 73.7 Å². The molecule has 0 saturated carbocycles. The summed E-state index contributed by atoms with van der Waals surface area (Å²) < 4.78 is 0. The number of nitrogens with one attached hydrogen (secondary N) is 1. The second kappa shape index (κ2) is 19.4. The summed E-state index contributed by atoms with van der Waals surface area (Å²) in [7, 11) is 0. The molecule has 1 N–H and O–H groups in total. The van der Waals surface area contributed by atoms with E-state index in [-0.39, 0.29) is 39.7 Å². The molecule has 1 nitrogen and oxygen atoms in total. The van der Waals surface area contributed by atoms with Crippen LogP contribution in [-0.2, 0) is 17.6 Å². The maximum absolute atomic E-state index is 7.00. The van der Waals surface area contributed by atoms with E-state index in [9.17, 15) is 0 Å². The van der Waals surface area contributed by atoms with Crippen LogP contribution in [0, 0.1) is 26.8 Å². The maximum atomic E-state index is 7.00. The predicted molar refractivity (Wildman–Crippen MR) is 106 cm³/mol. The van der Waals surface area contributed by atoms with Gasteiger partial charge in [-0.15, -0.1) is 37.4 Å². The van der Waals surface area contributed by atoms with Crippen LogP contribution >= 0.6 is 24.8 Å². The van der Waals surface area contributed by atoms with E-state index in [0.717, 1.165) is 0 Å². The van der Waals surface area contributed by atoms with Crippen LogP contribution in [0.2, 0.25) is 0 Å². The Kier molecular flexibility index (Phi) is 29.8. The van der Waals surface area contributed by atoms with Crippen molar-refractivity contribution < 1.29 is 17.6 Å². The van der Waals surface area contributed by atoms with Gasteiger partial charge in [-0.2, -0.15) is 11.1 Å². The standard InChI is InChI=1S/C9H13.C6H6N.2CH3.2ClH.GeH2.Ti/c1-6-5-7(2)9(4)8(6)3;7-6-4-2-1-3-5-6;;;;;;/h6H,1-4H3;1-5,7H;2*1H3;2*1H;1H2;/q4*-1;;;;. The van der Waals surface area contributed by atoms with E-state index in [1.54, 1.807) is 12.1 Å². The summed E-state index contributed by atoms with van der Waals surface area (Å²) in [6, 6.07) is 9.10. The zero-order valence-corrected chi connectivity index (χ0v) is 20.6. The summed E-state index contributed by atoms with van der Waals surface area (Å²) in [5.74, 6) is 0.560. The molecule has 0 bridgehead atoms. The predicted octanol–water partition coefficient (Wildman–Crippen LogP) is 5.92. The fourth-order valence-electron chi connectivity index (χ4n) is 1.60. The molecule has 1 aliphatic rings. The molecule has 1 unspecified atom stereocenters. The average molecular weight is 439 g/mol. The van der Waals surface area contributed by atoms with Crippen LogP contribution in [0.15, 0.2) is 47.1 Å². The van der Waals surface area contributed by atoms with E-state index in [1.165, 1.54) is 29.8 Å². The van der Waals surface area contributed by atoms with Gasteiger partial charge in [-0.25, -0.2) is 5.57 Å². The monoisotopic (exact) mass is 439 g/mol. The molecule has 0 fully saturated rings. The minimum atomic E-state index is 0. The van der Waals surface area contributed by atoms with Gasteiger partial charge in [0.05, 0.1) is 0 Å². The normalized spacial score (nSPS) is 14.0. The molecule has 1 aromatic rings. The van der Waals surface area contributed by atoms with Crippen molar-refractivity contribution in [2.75, 3.05) is 0 Å². The van der Waals surface area contributed by atoms with Gasteiger partial charge in [-0.3, -0.25) is 6.08 Å². The van der Waals surface area contributed by atoms with E-state index in [1.807, 2.05) is 18.2 Å². The molecule has 22 heavy (non-hydrogen) atoms. The molecule has 1 atom stereocenters. The molecule has 0 amide bonds. The first-order valence-electron chi connectivity index (χ1n) is 5.92. The second-order valence-electron chi connectivity index (χ2n) is 4.17. The molecular formula is C17H29Cl2GeNTi-4. The number of benzene rings is 1. The van der Waals surface area contributed by atoms with Crippen molar-refractivity contribution in [2.24, 2.45) is 5.92 Å². The molecule has 0 aromatic heterocycles. The minimum absolute atomic E-state index is 0. The van der Waals surface area contributed by atoms with Crippen molar-refractivity contribution in [3.63, 3.8) is 0 Å². The van der Waals surface area contributed by atoms with Crippen LogP contribution in [0.1, 0.15) is 27.7 Å². The van der Waals surface area contributed by atoms with Gasteiger partial charge in [0, 0.05) is 0 Å². The van der Waals surface area contributed by atoms with Gasteiger partial charge in [-0.1, -0.05) is 57.0 Å². The Hall–Kier alpha value is 0.337. The van der Waals surface area contributed by atoms with Crippen molar-refractivity contribution in [1.82, 2.24) is 0 Å². The van der Waals surface area contributed by atoms with Crippen molar-refractivity contribution in [3.8, 4) is 0 Å². The molecule has 2 rings (SSSR count). The van der Waals surface area contributed by atoms with Crippen molar-refractivity contribution >= 4 is 43.6 Å². The van der Waals surface area contributed by atoms with Crippen LogP contribution in [0.5, 0.6) is 0 Å². The first-order chi connectivity index (χ1) is 8.52. The molecule has 0 radical (unpaired) electrons. The van der Waals surface area contributed by atoms with Gasteiger partial charge in [0.25, 0.3) is 0 Å². The summed E-state index contributed by atoms with van der Waals surface area (Å²) >= 11 is 3.50. The zero-order valence-electron chi connectivity index (χ0n) is 14.5. The molecule has 128 valence electrons. The van der Waals surface area contributed by atoms with Crippen LogP contribution < -0.4 is 0 Å². The summed E-state index contributed by atoms with van der Waals surface area (Å²) in [6.07, 6.45) is 3.36. The van der Waals surface area contributed by atoms with Gasteiger partial charge >= 0.3 is 30.7 Å². The molecule has 1 aromatic carbocycles. The molecule has 0 spiro atoms. The van der Waals surface area contributed by atoms with Crippen LogP contribution in [-0.4, -0.2) is 13.1 Å². The average Bonchev–Trinajstić information content (AvgIpc) is 2.60. The van der Waals surface area contributed by atoms with Gasteiger partial charge < -0.3 is 20.6 Å². The van der Waals surface area contributed by atoms with Gasteiger partial charge in [-0.05, 0) is 0 Å². The van der Waals surface area contributed by atoms with Crippen LogP contribution in [0.4, 0.5) is 5.69 Å². The Morgan fingerprint density at radius 1 is 1.00 bits per heavy atom. The van der Waals surface area contributed by atoms with Crippen molar-refractivity contribution in [2.45, 2.75) is 27.7 Å². The van der Waals surface area contributed by atoms with E-state index in [0.29, 0.717) is 11.6 Å². The summed E-state index contributed by atoms with van der Waals surface area (Å²) in [5.41, 5.74) is 11.8. The Morgan fingerprint density at radius 2 is 1.41 bits per heavy atom. The fraction of sp³-hybridized carbons (Fsp3) is 0.294. The molecule has 0 saturated heterocycles. The van der Waals surface area contributed by atoms with E-state index in [4.69, 9.17) is 5.73 Å². The first-order valence-corrected chi connectivity index (χ1v) is 13.1. The third-order valence-corrected chi connectivity index (χ3v) is 3.01. The van der Waals surface area contributed by atoms with E-state index in [2.05, 4.69) is 51.4 Å². The number of hydrogen-bond acceptors (Lipinski definition) is 0. The fourth-order valence-corrected chi connectivity index (χ4v) is 1.60. The van der Waals surface area contributed by atoms with E-state index < -0.39 is 0 Å². The SMILES string of the molecule is CC1=[C-]C(C)C(C)=C1C.Cl.Cl.[CH3-].[CH3-].[NH-]c1ccccc1.[Ti]=[GeH2]. The van der Waals surface area contributed by atoms with Gasteiger partial charge in [0.1, 0.15) is 0 Å². The third kappa shape index (κ3) is 12.8. The number of rotatable bonds is 0. The van der Waals surface area contributed by atoms with Crippen molar-refractivity contribution in [1.29, 1.82) is 0 Å². The zero-order chi connectivity index (χ0) is 14.1. The quantitative estimate of drug-likeness (QED) is 0.355. The molecular weight excluding hydrogens is 410 g/mol. The Labute approximate surface area is 167 Å². The molecule has 1 aliphatic carbocycles. The van der Waals surface area contributed by atoms with Gasteiger partial charge in [0.15, 0.2) is 0 Å². The number of allylic oxidation sites excluding steroid dienone is 4. The Balaban J connectivity index is -0.0000000685. The Bertz CT molecular complexity index is 434. The summed E-state index contributed by atoms with van der Waals surface area (Å²) in [5, 5.41) is 0. The topological polar surface area (TPSA) is 23.8 Å². The molecule has 5 heteroatoms. The number of halogens is 2. The molecule has 0 aliphatic heterocycles. The summed E-state index contributed by atoms with van der Waals surface area (Å²) in [4.78, 5) is 0. The van der Waals surface area contributed by atoms with Crippen LogP contribution in [0.25, 0.3) is 5.73 Å². The van der Waals surface area contributed by atoms with Crippen LogP contribution in [0.3, 0.4) is 0 Å². The number of hydrogen-bond donors (Lipinski definition) is 0.